The second-order valence-electron chi connectivity index (χ2n) is 4.81. The number of hydrogen-bond acceptors (Lipinski definition) is 3. The van der Waals surface area contributed by atoms with Gasteiger partial charge in [0, 0.05) is 24.9 Å². The first-order chi connectivity index (χ1) is 9.24. The number of benzene rings is 1. The van der Waals surface area contributed by atoms with E-state index in [2.05, 4.69) is 5.32 Å². The Balaban J connectivity index is 1.62. The monoisotopic (exact) mass is 260 g/mol. The topological polar surface area (TPSA) is 64.4 Å². The number of amides is 1. The van der Waals surface area contributed by atoms with E-state index in [4.69, 9.17) is 10.5 Å². The van der Waals surface area contributed by atoms with Crippen molar-refractivity contribution in [3.05, 3.63) is 35.9 Å². The van der Waals surface area contributed by atoms with E-state index in [1.54, 1.807) is 6.08 Å². The van der Waals surface area contributed by atoms with Crippen molar-refractivity contribution < 1.29 is 9.53 Å². The molecule has 1 aliphatic carbocycles. The summed E-state index contributed by atoms with van der Waals surface area (Å²) in [6.45, 7) is 1.95. The molecular weight excluding hydrogens is 240 g/mol. The normalized spacial score (nSPS) is 14.7. The van der Waals surface area contributed by atoms with Gasteiger partial charge in [-0.25, -0.2) is 0 Å². The highest BCUT2D eigenvalue weighted by Crippen LogP contribution is 2.28. The molecule has 0 radical (unpaired) electrons. The van der Waals surface area contributed by atoms with E-state index < -0.39 is 0 Å². The van der Waals surface area contributed by atoms with Gasteiger partial charge in [-0.2, -0.15) is 0 Å². The average Bonchev–Trinajstić information content (AvgIpc) is 3.20. The van der Waals surface area contributed by atoms with E-state index in [1.807, 2.05) is 24.3 Å². The highest BCUT2D eigenvalue weighted by molar-refractivity contribution is 5.91. The highest BCUT2D eigenvalue weighted by atomic mass is 16.5. The minimum atomic E-state index is -0.113. The summed E-state index contributed by atoms with van der Waals surface area (Å²) in [6.07, 6.45) is 5.83. The van der Waals surface area contributed by atoms with Crippen LogP contribution < -0.4 is 11.1 Å². The maximum Gasteiger partial charge on any atom is 0.244 e. The van der Waals surface area contributed by atoms with Crippen LogP contribution in [0.25, 0.3) is 6.08 Å². The third-order valence-corrected chi connectivity index (χ3v) is 2.93. The van der Waals surface area contributed by atoms with Crippen molar-refractivity contribution in [2.75, 3.05) is 25.5 Å². The first kappa shape index (κ1) is 13.6. The smallest absolute Gasteiger partial charge is 0.244 e. The fraction of sp³-hybridized carbons (Fsp3) is 0.400. The summed E-state index contributed by atoms with van der Waals surface area (Å²) >= 11 is 0. The van der Waals surface area contributed by atoms with Gasteiger partial charge in [-0.1, -0.05) is 12.1 Å². The molecule has 4 nitrogen and oxygen atoms in total. The second kappa shape index (κ2) is 6.95. The zero-order valence-corrected chi connectivity index (χ0v) is 11.0. The van der Waals surface area contributed by atoms with Crippen LogP contribution in [0.4, 0.5) is 5.69 Å². The second-order valence-corrected chi connectivity index (χ2v) is 4.81. The average molecular weight is 260 g/mol. The van der Waals surface area contributed by atoms with E-state index in [9.17, 15) is 4.79 Å². The summed E-state index contributed by atoms with van der Waals surface area (Å²) in [5.41, 5.74) is 7.26. The van der Waals surface area contributed by atoms with E-state index >= 15 is 0 Å². The zero-order chi connectivity index (χ0) is 13.5. The lowest BCUT2D eigenvalue weighted by Crippen LogP contribution is -2.25. The number of anilines is 1. The molecule has 0 spiro atoms. The van der Waals surface area contributed by atoms with Crippen LogP contribution in [0.5, 0.6) is 0 Å². The fourth-order valence-electron chi connectivity index (χ4n) is 1.67. The van der Waals surface area contributed by atoms with E-state index in [-0.39, 0.29) is 5.91 Å². The molecule has 0 saturated heterocycles. The predicted octanol–water partition coefficient (Wildman–Crippen LogP) is 1.82. The van der Waals surface area contributed by atoms with E-state index in [0.717, 1.165) is 18.1 Å². The van der Waals surface area contributed by atoms with Crippen LogP contribution >= 0.6 is 0 Å². The number of nitrogen functional groups attached to an aromatic ring is 1. The summed E-state index contributed by atoms with van der Waals surface area (Å²) in [7, 11) is 0. The van der Waals surface area contributed by atoms with E-state index in [1.165, 1.54) is 18.9 Å². The Bertz CT molecular complexity index is 453. The molecule has 19 heavy (non-hydrogen) atoms. The van der Waals surface area contributed by atoms with Crippen LogP contribution in [0.2, 0.25) is 0 Å². The third-order valence-electron chi connectivity index (χ3n) is 2.93. The molecule has 1 amide bonds. The summed E-state index contributed by atoms with van der Waals surface area (Å²) in [5, 5.41) is 2.78. The van der Waals surface area contributed by atoms with Crippen molar-refractivity contribution in [3.8, 4) is 0 Å². The molecule has 0 atom stereocenters. The van der Waals surface area contributed by atoms with Crippen LogP contribution in [0.15, 0.2) is 30.3 Å². The number of carbonyl (C=O) groups is 1. The molecule has 4 heteroatoms. The van der Waals surface area contributed by atoms with Crippen LogP contribution in [0.3, 0.4) is 0 Å². The quantitative estimate of drug-likeness (QED) is 0.446. The molecule has 3 N–H and O–H groups in total. The van der Waals surface area contributed by atoms with Crippen LogP contribution in [0.1, 0.15) is 18.4 Å². The molecule has 0 aliphatic heterocycles. The first-order valence-corrected chi connectivity index (χ1v) is 6.63. The molecule has 1 aromatic carbocycles. The van der Waals surface area contributed by atoms with Crippen molar-refractivity contribution in [1.29, 1.82) is 0 Å². The minimum absolute atomic E-state index is 0.113. The Morgan fingerprint density at radius 3 is 3.05 bits per heavy atom. The van der Waals surface area contributed by atoms with Crippen LogP contribution in [0, 0.1) is 5.92 Å². The molecule has 1 saturated carbocycles. The number of hydrogen-bond donors (Lipinski definition) is 2. The summed E-state index contributed by atoms with van der Waals surface area (Å²) in [4.78, 5) is 11.5. The molecule has 1 aromatic rings. The largest absolute Gasteiger partial charge is 0.399 e. The predicted molar refractivity (Wildman–Crippen MR) is 76.4 cm³/mol. The van der Waals surface area contributed by atoms with Crippen LogP contribution in [-0.2, 0) is 9.53 Å². The Kier molecular flexibility index (Phi) is 4.98. The lowest BCUT2D eigenvalue weighted by molar-refractivity contribution is -0.116. The number of rotatable bonds is 7. The SMILES string of the molecule is Nc1cccc(/C=C/C(=O)NCCOCC2CC2)c1. The molecule has 0 heterocycles. The van der Waals surface area contributed by atoms with Gasteiger partial charge in [-0.05, 0) is 42.5 Å². The van der Waals surface area contributed by atoms with Crippen molar-refractivity contribution in [2.24, 2.45) is 5.92 Å². The van der Waals surface area contributed by atoms with Crippen LogP contribution in [-0.4, -0.2) is 25.7 Å². The van der Waals surface area contributed by atoms with Gasteiger partial charge in [0.25, 0.3) is 0 Å². The van der Waals surface area contributed by atoms with Crippen molar-refractivity contribution in [1.82, 2.24) is 5.32 Å². The van der Waals surface area contributed by atoms with Gasteiger partial charge >= 0.3 is 0 Å². The third kappa shape index (κ3) is 5.57. The van der Waals surface area contributed by atoms with Gasteiger partial charge in [0.05, 0.1) is 6.61 Å². The number of ether oxygens (including phenoxy) is 1. The maximum absolute atomic E-state index is 11.5. The number of nitrogens with one attached hydrogen (secondary N) is 1. The molecule has 2 rings (SSSR count). The summed E-state index contributed by atoms with van der Waals surface area (Å²) in [5.74, 6) is 0.650. The molecule has 0 bridgehead atoms. The minimum Gasteiger partial charge on any atom is -0.399 e. The standard InChI is InChI=1S/C15H20N2O2/c16-14-3-1-2-12(10-14)6-7-15(18)17-8-9-19-11-13-4-5-13/h1-3,6-7,10,13H,4-5,8-9,11,16H2,(H,17,18)/b7-6+. The Morgan fingerprint density at radius 1 is 1.47 bits per heavy atom. The Morgan fingerprint density at radius 2 is 2.32 bits per heavy atom. The summed E-state index contributed by atoms with van der Waals surface area (Å²) in [6, 6.07) is 7.40. The molecular formula is C15H20N2O2. The molecule has 0 aromatic heterocycles. The number of carbonyl (C=O) groups excluding carboxylic acids is 1. The molecule has 1 aliphatic rings. The highest BCUT2D eigenvalue weighted by Gasteiger charge is 2.20. The maximum atomic E-state index is 11.5. The van der Waals surface area contributed by atoms with Gasteiger partial charge < -0.3 is 15.8 Å². The lowest BCUT2D eigenvalue weighted by Gasteiger charge is -2.03. The van der Waals surface area contributed by atoms with Gasteiger partial charge in [-0.3, -0.25) is 4.79 Å². The number of nitrogens with two attached hydrogens (primary N) is 1. The van der Waals surface area contributed by atoms with Gasteiger partial charge in [0.1, 0.15) is 0 Å². The van der Waals surface area contributed by atoms with Crippen molar-refractivity contribution in [3.63, 3.8) is 0 Å². The lowest BCUT2D eigenvalue weighted by atomic mass is 10.2. The Hall–Kier alpha value is -1.81. The van der Waals surface area contributed by atoms with Gasteiger partial charge in [0.15, 0.2) is 0 Å². The Labute approximate surface area is 113 Å². The van der Waals surface area contributed by atoms with E-state index in [0.29, 0.717) is 18.8 Å². The first-order valence-electron chi connectivity index (χ1n) is 6.63. The van der Waals surface area contributed by atoms with Crippen molar-refractivity contribution >= 4 is 17.7 Å². The molecule has 1 fully saturated rings. The van der Waals surface area contributed by atoms with Gasteiger partial charge in [0.2, 0.25) is 5.91 Å². The van der Waals surface area contributed by atoms with Gasteiger partial charge in [-0.15, -0.1) is 0 Å². The van der Waals surface area contributed by atoms with Crippen molar-refractivity contribution in [2.45, 2.75) is 12.8 Å². The fourth-order valence-corrected chi connectivity index (χ4v) is 1.67. The molecule has 0 unspecified atom stereocenters. The zero-order valence-electron chi connectivity index (χ0n) is 11.0. The molecule has 102 valence electrons. The summed E-state index contributed by atoms with van der Waals surface area (Å²) < 4.78 is 5.43.